The Kier molecular flexibility index (Phi) is 2.11. The summed E-state index contributed by atoms with van der Waals surface area (Å²) in [6.07, 6.45) is 2.00. The van der Waals surface area contributed by atoms with Crippen molar-refractivity contribution in [1.29, 1.82) is 0 Å². The Morgan fingerprint density at radius 3 is 2.60 bits per heavy atom. The summed E-state index contributed by atoms with van der Waals surface area (Å²) in [6.45, 7) is 1.90. The van der Waals surface area contributed by atoms with Gasteiger partial charge in [-0.25, -0.2) is 0 Å². The summed E-state index contributed by atoms with van der Waals surface area (Å²) in [5, 5.41) is 9.15. The minimum Gasteiger partial charge on any atom is -0.481 e. The number of carboxylic acid groups (broad SMARTS) is 1. The van der Waals surface area contributed by atoms with E-state index in [1.165, 1.54) is 0 Å². The molecule has 0 aliphatic heterocycles. The molecular weight excluding hydrogens is 192 g/mol. The number of aryl methyl sites for hydroxylation is 1. The van der Waals surface area contributed by atoms with Gasteiger partial charge in [0.05, 0.1) is 5.41 Å². The minimum atomic E-state index is -0.823. The summed E-state index contributed by atoms with van der Waals surface area (Å²) < 4.78 is 0. The Morgan fingerprint density at radius 1 is 1.47 bits per heavy atom. The Bertz CT molecular complexity index is 430. The van der Waals surface area contributed by atoms with Crippen LogP contribution in [0.4, 0.5) is 0 Å². The van der Waals surface area contributed by atoms with Gasteiger partial charge in [-0.1, -0.05) is 23.8 Å². The fraction of sp³-hybridized carbons (Fsp3) is 0.333. The highest BCUT2D eigenvalue weighted by Crippen LogP contribution is 2.49. The lowest BCUT2D eigenvalue weighted by Crippen LogP contribution is -2.21. The van der Waals surface area contributed by atoms with Crippen LogP contribution in [0.25, 0.3) is 0 Å². The van der Waals surface area contributed by atoms with E-state index in [4.69, 9.17) is 5.11 Å². The molecule has 1 aromatic rings. The van der Waals surface area contributed by atoms with Gasteiger partial charge in [-0.2, -0.15) is 0 Å². The van der Waals surface area contributed by atoms with Gasteiger partial charge in [0, 0.05) is 5.56 Å². The van der Waals surface area contributed by atoms with Crippen LogP contribution in [0.1, 0.15) is 34.3 Å². The number of benzene rings is 1. The van der Waals surface area contributed by atoms with Crippen molar-refractivity contribution < 1.29 is 14.7 Å². The van der Waals surface area contributed by atoms with Crippen LogP contribution in [0.3, 0.4) is 0 Å². The molecule has 3 nitrogen and oxygen atoms in total. The first-order chi connectivity index (χ1) is 7.10. The lowest BCUT2D eigenvalue weighted by molar-refractivity contribution is -0.140. The second-order valence-electron chi connectivity index (χ2n) is 4.10. The molecule has 2 rings (SSSR count). The number of aldehydes is 1. The molecule has 0 bridgehead atoms. The SMILES string of the molecule is Cc1ccc(C=O)c(C2(C(=O)O)CC2)c1. The maximum absolute atomic E-state index is 11.1. The first kappa shape index (κ1) is 9.90. The van der Waals surface area contributed by atoms with E-state index >= 15 is 0 Å². The number of carbonyl (C=O) groups excluding carboxylic acids is 1. The summed E-state index contributed by atoms with van der Waals surface area (Å²) in [4.78, 5) is 22.0. The van der Waals surface area contributed by atoms with Gasteiger partial charge in [0.1, 0.15) is 6.29 Å². The molecule has 0 saturated heterocycles. The third-order valence-electron chi connectivity index (χ3n) is 3.01. The molecule has 0 unspecified atom stereocenters. The molecule has 1 saturated carbocycles. The average Bonchev–Trinajstić information content (AvgIpc) is 2.98. The summed E-state index contributed by atoms with van der Waals surface area (Å²) >= 11 is 0. The standard InChI is InChI=1S/C12H12O3/c1-8-2-3-9(7-13)10(6-8)12(4-5-12)11(14)15/h2-3,6-7H,4-5H2,1H3,(H,14,15). The molecule has 1 aliphatic carbocycles. The summed E-state index contributed by atoms with van der Waals surface area (Å²) in [5.41, 5.74) is 1.37. The normalized spacial score (nSPS) is 17.1. The maximum Gasteiger partial charge on any atom is 0.314 e. The maximum atomic E-state index is 11.1. The Morgan fingerprint density at radius 2 is 2.13 bits per heavy atom. The van der Waals surface area contributed by atoms with Crippen molar-refractivity contribution in [1.82, 2.24) is 0 Å². The van der Waals surface area contributed by atoms with Crippen molar-refractivity contribution in [2.45, 2.75) is 25.2 Å². The third-order valence-corrected chi connectivity index (χ3v) is 3.01. The van der Waals surface area contributed by atoms with Gasteiger partial charge in [-0.05, 0) is 25.3 Å². The monoisotopic (exact) mass is 204 g/mol. The summed E-state index contributed by atoms with van der Waals surface area (Å²) in [6, 6.07) is 5.33. The van der Waals surface area contributed by atoms with Crippen molar-refractivity contribution in [2.75, 3.05) is 0 Å². The van der Waals surface area contributed by atoms with Crippen LogP contribution in [0.15, 0.2) is 18.2 Å². The molecule has 1 N–H and O–H groups in total. The fourth-order valence-corrected chi connectivity index (χ4v) is 1.91. The molecule has 0 radical (unpaired) electrons. The predicted octanol–water partition coefficient (Wildman–Crippen LogP) is 1.92. The third kappa shape index (κ3) is 1.44. The first-order valence-corrected chi connectivity index (χ1v) is 4.90. The van der Waals surface area contributed by atoms with Gasteiger partial charge in [-0.15, -0.1) is 0 Å². The molecule has 3 heteroatoms. The van der Waals surface area contributed by atoms with Crippen molar-refractivity contribution in [3.8, 4) is 0 Å². The fourth-order valence-electron chi connectivity index (χ4n) is 1.91. The number of carboxylic acids is 1. The molecule has 1 fully saturated rings. The Hall–Kier alpha value is -1.64. The van der Waals surface area contributed by atoms with Crippen LogP contribution in [0, 0.1) is 6.92 Å². The molecule has 15 heavy (non-hydrogen) atoms. The minimum absolute atomic E-state index is 0.500. The van der Waals surface area contributed by atoms with Crippen molar-refractivity contribution in [2.24, 2.45) is 0 Å². The van der Waals surface area contributed by atoms with E-state index in [1.807, 2.05) is 19.1 Å². The molecule has 0 spiro atoms. The second kappa shape index (κ2) is 3.19. The van der Waals surface area contributed by atoms with E-state index in [0.717, 1.165) is 11.8 Å². The van der Waals surface area contributed by atoms with Crippen molar-refractivity contribution in [3.05, 3.63) is 34.9 Å². The van der Waals surface area contributed by atoms with Crippen molar-refractivity contribution in [3.63, 3.8) is 0 Å². The van der Waals surface area contributed by atoms with Crippen LogP contribution in [0.2, 0.25) is 0 Å². The average molecular weight is 204 g/mol. The molecule has 78 valence electrons. The number of hydrogen-bond acceptors (Lipinski definition) is 2. The van der Waals surface area contributed by atoms with E-state index in [0.29, 0.717) is 24.0 Å². The number of hydrogen-bond donors (Lipinski definition) is 1. The number of aliphatic carboxylic acids is 1. The van der Waals surface area contributed by atoms with E-state index in [1.54, 1.807) is 6.07 Å². The zero-order valence-electron chi connectivity index (χ0n) is 8.49. The summed E-state index contributed by atoms with van der Waals surface area (Å²) in [7, 11) is 0. The van der Waals surface area contributed by atoms with Gasteiger partial charge in [-0.3, -0.25) is 9.59 Å². The molecule has 1 aromatic carbocycles. The van der Waals surface area contributed by atoms with Crippen LogP contribution in [0.5, 0.6) is 0 Å². The van der Waals surface area contributed by atoms with E-state index in [9.17, 15) is 9.59 Å². The molecular formula is C12H12O3. The highest BCUT2D eigenvalue weighted by atomic mass is 16.4. The van der Waals surface area contributed by atoms with Gasteiger partial charge in [0.15, 0.2) is 0 Å². The zero-order chi connectivity index (χ0) is 11.1. The topological polar surface area (TPSA) is 54.4 Å². The van der Waals surface area contributed by atoms with Crippen LogP contribution in [-0.4, -0.2) is 17.4 Å². The lowest BCUT2D eigenvalue weighted by atomic mass is 9.90. The predicted molar refractivity (Wildman–Crippen MR) is 55.1 cm³/mol. The molecule has 0 heterocycles. The van der Waals surface area contributed by atoms with Gasteiger partial charge >= 0.3 is 5.97 Å². The van der Waals surface area contributed by atoms with E-state index in [-0.39, 0.29) is 0 Å². The molecule has 0 amide bonds. The van der Waals surface area contributed by atoms with E-state index in [2.05, 4.69) is 0 Å². The summed E-state index contributed by atoms with van der Waals surface area (Å²) in [5.74, 6) is -0.823. The smallest absolute Gasteiger partial charge is 0.314 e. The number of rotatable bonds is 3. The zero-order valence-corrected chi connectivity index (χ0v) is 8.49. The lowest BCUT2D eigenvalue weighted by Gasteiger charge is -2.13. The highest BCUT2D eigenvalue weighted by Gasteiger charge is 2.52. The van der Waals surface area contributed by atoms with Gasteiger partial charge < -0.3 is 5.11 Å². The van der Waals surface area contributed by atoms with Gasteiger partial charge in [0.2, 0.25) is 0 Å². The quantitative estimate of drug-likeness (QED) is 0.765. The van der Waals surface area contributed by atoms with E-state index < -0.39 is 11.4 Å². The first-order valence-electron chi connectivity index (χ1n) is 4.90. The van der Waals surface area contributed by atoms with Crippen LogP contribution < -0.4 is 0 Å². The largest absolute Gasteiger partial charge is 0.481 e. The van der Waals surface area contributed by atoms with Gasteiger partial charge in [0.25, 0.3) is 0 Å². The molecule has 1 aliphatic rings. The van der Waals surface area contributed by atoms with Crippen LogP contribution >= 0.6 is 0 Å². The Balaban J connectivity index is 2.56. The molecule has 0 aromatic heterocycles. The molecule has 0 atom stereocenters. The highest BCUT2D eigenvalue weighted by molar-refractivity contribution is 5.90. The second-order valence-corrected chi connectivity index (χ2v) is 4.10. The number of carbonyl (C=O) groups is 2. The Labute approximate surface area is 87.7 Å². The van der Waals surface area contributed by atoms with Crippen LogP contribution in [-0.2, 0) is 10.2 Å². The van der Waals surface area contributed by atoms with Crippen molar-refractivity contribution >= 4 is 12.3 Å².